The number of sulfonamides is 1. The third-order valence-electron chi connectivity index (χ3n) is 7.79. The molecule has 0 unspecified atom stereocenters. The Kier molecular flexibility index (Phi) is 10.7. The van der Waals surface area contributed by atoms with E-state index in [1.165, 1.54) is 24.1 Å². The highest BCUT2D eigenvalue weighted by atomic mass is 32.2. The molecule has 0 saturated heterocycles. The molecular weight excluding hydrogens is 566 g/mol. The van der Waals surface area contributed by atoms with E-state index in [-0.39, 0.29) is 29.1 Å². The first-order valence-corrected chi connectivity index (χ1v) is 16.1. The second-order valence-corrected chi connectivity index (χ2v) is 12.6. The maximum atomic E-state index is 14.4. The van der Waals surface area contributed by atoms with Crippen molar-refractivity contribution in [3.8, 4) is 11.5 Å². The number of carbonyl (C=O) groups excluding carboxylic acids is 2. The molecule has 4 rings (SSSR count). The van der Waals surface area contributed by atoms with E-state index >= 15 is 0 Å². The summed E-state index contributed by atoms with van der Waals surface area (Å²) in [5.74, 6) is 0.171. The highest BCUT2D eigenvalue weighted by Gasteiger charge is 2.35. The van der Waals surface area contributed by atoms with Crippen LogP contribution in [0, 0.1) is 6.92 Å². The summed E-state index contributed by atoms with van der Waals surface area (Å²) in [7, 11) is -1.18. The Bertz CT molecular complexity index is 1510. The Morgan fingerprint density at radius 2 is 1.67 bits per heavy atom. The van der Waals surface area contributed by atoms with Crippen LogP contribution in [0.25, 0.3) is 0 Å². The minimum Gasteiger partial charge on any atom is -0.497 e. The van der Waals surface area contributed by atoms with E-state index in [2.05, 4.69) is 5.32 Å². The molecule has 1 fully saturated rings. The number of nitrogens with one attached hydrogen (secondary N) is 1. The third-order valence-corrected chi connectivity index (χ3v) is 9.56. The summed E-state index contributed by atoms with van der Waals surface area (Å²) in [5.41, 5.74) is 1.79. The van der Waals surface area contributed by atoms with Gasteiger partial charge in [0.25, 0.3) is 10.0 Å². The van der Waals surface area contributed by atoms with Gasteiger partial charge in [-0.1, -0.05) is 56.2 Å². The van der Waals surface area contributed by atoms with Gasteiger partial charge in [0.15, 0.2) is 0 Å². The standard InChI is InChI=1S/C33H41N3O6S/c1-5-29(33(38)34-26-13-9-10-14-26)35(22-25-12-11-15-27(21-25)41-3)32(37)23-36(30-20-24(2)18-19-31(30)42-4)43(39,40)28-16-7-6-8-17-28/h6-8,11-12,15-21,26,29H,5,9-10,13-14,22-23H2,1-4H3,(H,34,38)/t29-/m1/s1. The number of carbonyl (C=O) groups is 2. The number of methoxy groups -OCH3 is 2. The average Bonchev–Trinajstić information content (AvgIpc) is 3.53. The van der Waals surface area contributed by atoms with Crippen molar-refractivity contribution in [2.24, 2.45) is 0 Å². The predicted molar refractivity (Wildman–Crippen MR) is 167 cm³/mol. The maximum Gasteiger partial charge on any atom is 0.264 e. The van der Waals surface area contributed by atoms with Crippen molar-refractivity contribution in [3.05, 3.63) is 83.9 Å². The summed E-state index contributed by atoms with van der Waals surface area (Å²) < 4.78 is 40.3. The SMILES string of the molecule is CC[C@H](C(=O)NC1CCCC1)N(Cc1cccc(OC)c1)C(=O)CN(c1cc(C)ccc1OC)S(=O)(=O)c1ccccc1. The molecule has 9 nitrogen and oxygen atoms in total. The first kappa shape index (κ1) is 31.9. The molecule has 0 aliphatic heterocycles. The molecule has 0 spiro atoms. The molecule has 230 valence electrons. The molecule has 1 saturated carbocycles. The van der Waals surface area contributed by atoms with Gasteiger partial charge in [0.2, 0.25) is 11.8 Å². The second kappa shape index (κ2) is 14.4. The lowest BCUT2D eigenvalue weighted by Crippen LogP contribution is -2.53. The van der Waals surface area contributed by atoms with E-state index in [1.54, 1.807) is 43.5 Å². The number of amides is 2. The van der Waals surface area contributed by atoms with Gasteiger partial charge in [-0.3, -0.25) is 13.9 Å². The fourth-order valence-electron chi connectivity index (χ4n) is 5.48. The zero-order chi connectivity index (χ0) is 31.0. The summed E-state index contributed by atoms with van der Waals surface area (Å²) in [6, 6.07) is 19.7. The van der Waals surface area contributed by atoms with Crippen molar-refractivity contribution < 1.29 is 27.5 Å². The number of nitrogens with zero attached hydrogens (tertiary/aromatic N) is 2. The normalized spacial score (nSPS) is 14.1. The Labute approximate surface area is 254 Å². The van der Waals surface area contributed by atoms with Gasteiger partial charge in [-0.25, -0.2) is 8.42 Å². The minimum absolute atomic E-state index is 0.0386. The van der Waals surface area contributed by atoms with Crippen molar-refractivity contribution >= 4 is 27.5 Å². The maximum absolute atomic E-state index is 14.4. The quantitative estimate of drug-likeness (QED) is 0.291. The number of hydrogen-bond donors (Lipinski definition) is 1. The zero-order valence-corrected chi connectivity index (χ0v) is 26.1. The van der Waals surface area contributed by atoms with Crippen LogP contribution in [0.5, 0.6) is 11.5 Å². The largest absolute Gasteiger partial charge is 0.497 e. The highest BCUT2D eigenvalue weighted by molar-refractivity contribution is 7.92. The molecule has 0 aromatic heterocycles. The first-order valence-electron chi connectivity index (χ1n) is 14.6. The van der Waals surface area contributed by atoms with Crippen LogP contribution in [0.4, 0.5) is 5.69 Å². The Morgan fingerprint density at radius 1 is 0.953 bits per heavy atom. The van der Waals surface area contributed by atoms with E-state index in [0.29, 0.717) is 17.9 Å². The number of aryl methyl sites for hydroxylation is 1. The van der Waals surface area contributed by atoms with E-state index in [1.807, 2.05) is 38.1 Å². The van der Waals surface area contributed by atoms with Gasteiger partial charge in [0.05, 0.1) is 24.8 Å². The Morgan fingerprint density at radius 3 is 2.33 bits per heavy atom. The highest BCUT2D eigenvalue weighted by Crippen LogP contribution is 2.34. The van der Waals surface area contributed by atoms with Crippen LogP contribution >= 0.6 is 0 Å². The number of benzene rings is 3. The lowest BCUT2D eigenvalue weighted by Gasteiger charge is -2.34. The number of hydrogen-bond acceptors (Lipinski definition) is 6. The zero-order valence-electron chi connectivity index (χ0n) is 25.3. The number of anilines is 1. The van der Waals surface area contributed by atoms with E-state index in [4.69, 9.17) is 9.47 Å². The summed E-state index contributed by atoms with van der Waals surface area (Å²) in [6.07, 6.45) is 4.27. The molecule has 3 aromatic rings. The molecule has 0 radical (unpaired) electrons. The van der Waals surface area contributed by atoms with Crippen molar-refractivity contribution in [1.82, 2.24) is 10.2 Å². The predicted octanol–water partition coefficient (Wildman–Crippen LogP) is 5.07. The molecule has 2 amide bonds. The van der Waals surface area contributed by atoms with Gasteiger partial charge in [0.1, 0.15) is 24.1 Å². The summed E-state index contributed by atoms with van der Waals surface area (Å²) in [5, 5.41) is 3.13. The molecule has 43 heavy (non-hydrogen) atoms. The Balaban J connectivity index is 1.76. The summed E-state index contributed by atoms with van der Waals surface area (Å²) in [4.78, 5) is 29.5. The van der Waals surface area contributed by atoms with E-state index < -0.39 is 28.5 Å². The van der Waals surface area contributed by atoms with Gasteiger partial charge >= 0.3 is 0 Å². The monoisotopic (exact) mass is 607 g/mol. The minimum atomic E-state index is -4.20. The molecule has 1 aliphatic rings. The molecule has 0 bridgehead atoms. The van der Waals surface area contributed by atoms with Gasteiger partial charge < -0.3 is 19.7 Å². The topological polar surface area (TPSA) is 105 Å². The first-order chi connectivity index (χ1) is 20.7. The fourth-order valence-corrected chi connectivity index (χ4v) is 6.92. The molecular formula is C33H41N3O6S. The van der Waals surface area contributed by atoms with Gasteiger partial charge in [-0.2, -0.15) is 0 Å². The van der Waals surface area contributed by atoms with Crippen LogP contribution in [0.3, 0.4) is 0 Å². The summed E-state index contributed by atoms with van der Waals surface area (Å²) in [6.45, 7) is 3.26. The van der Waals surface area contributed by atoms with Gasteiger partial charge in [-0.05, 0) is 73.7 Å². The van der Waals surface area contributed by atoms with Crippen LogP contribution in [-0.2, 0) is 26.2 Å². The lowest BCUT2D eigenvalue weighted by atomic mass is 10.1. The van der Waals surface area contributed by atoms with Crippen molar-refractivity contribution in [3.63, 3.8) is 0 Å². The van der Waals surface area contributed by atoms with Crippen LogP contribution in [0.2, 0.25) is 0 Å². The van der Waals surface area contributed by atoms with Gasteiger partial charge in [-0.15, -0.1) is 0 Å². The molecule has 0 heterocycles. The Hall–Kier alpha value is -4.05. The van der Waals surface area contributed by atoms with Crippen LogP contribution < -0.4 is 19.1 Å². The van der Waals surface area contributed by atoms with Gasteiger partial charge in [0, 0.05) is 12.6 Å². The van der Waals surface area contributed by atoms with Crippen molar-refractivity contribution in [1.29, 1.82) is 0 Å². The average molecular weight is 608 g/mol. The second-order valence-electron chi connectivity index (χ2n) is 10.8. The van der Waals surface area contributed by atoms with Crippen LogP contribution in [0.1, 0.15) is 50.2 Å². The molecule has 3 aromatic carbocycles. The van der Waals surface area contributed by atoms with Crippen molar-refractivity contribution in [2.75, 3.05) is 25.1 Å². The number of rotatable bonds is 13. The number of ether oxygens (including phenoxy) is 2. The van der Waals surface area contributed by atoms with Crippen molar-refractivity contribution in [2.45, 2.75) is 69.5 Å². The molecule has 1 atom stereocenters. The van der Waals surface area contributed by atoms with Crippen LogP contribution in [0.15, 0.2) is 77.7 Å². The fraction of sp³-hybridized carbons (Fsp3) is 0.394. The lowest BCUT2D eigenvalue weighted by molar-refractivity contribution is -0.140. The van der Waals surface area contributed by atoms with E-state index in [0.717, 1.165) is 41.1 Å². The van der Waals surface area contributed by atoms with Crippen LogP contribution in [-0.4, -0.2) is 58.0 Å². The smallest absolute Gasteiger partial charge is 0.264 e. The third kappa shape index (κ3) is 7.67. The molecule has 1 N–H and O–H groups in total. The molecule has 10 heteroatoms. The molecule has 1 aliphatic carbocycles. The van der Waals surface area contributed by atoms with E-state index in [9.17, 15) is 18.0 Å². The summed E-state index contributed by atoms with van der Waals surface area (Å²) >= 11 is 0.